The highest BCUT2D eigenvalue weighted by molar-refractivity contribution is 5.78. The standard InChI is InChI=1S/C19H17N/c1-2-5-13-6-3-8-15-12-17-19-14(10-11-20-17)7-4-9-16(19)18(13)15/h1,3-4,6-9,17,20H,5,10-12H2. The molecule has 0 amide bonds. The van der Waals surface area contributed by atoms with Crippen molar-refractivity contribution >= 4 is 0 Å². The average Bonchev–Trinajstić information content (AvgIpc) is 2.48. The molecule has 1 heteroatoms. The molecule has 98 valence electrons. The van der Waals surface area contributed by atoms with Gasteiger partial charge < -0.3 is 5.32 Å². The molecule has 0 saturated heterocycles. The Morgan fingerprint density at radius 1 is 1.15 bits per heavy atom. The van der Waals surface area contributed by atoms with Gasteiger partial charge in [-0.15, -0.1) is 12.3 Å². The topological polar surface area (TPSA) is 12.0 Å². The summed E-state index contributed by atoms with van der Waals surface area (Å²) in [6.45, 7) is 1.08. The van der Waals surface area contributed by atoms with Crippen LogP contribution in [0.5, 0.6) is 0 Å². The Labute approximate surface area is 120 Å². The number of terminal acetylenes is 1. The molecule has 1 atom stereocenters. The molecule has 1 unspecified atom stereocenters. The highest BCUT2D eigenvalue weighted by atomic mass is 14.9. The quantitative estimate of drug-likeness (QED) is 0.775. The number of fused-ring (bicyclic) bond motifs is 2. The van der Waals surface area contributed by atoms with Gasteiger partial charge in [0.1, 0.15) is 0 Å². The first-order valence-corrected chi connectivity index (χ1v) is 7.28. The number of hydrogen-bond donors (Lipinski definition) is 1. The fraction of sp³-hybridized carbons (Fsp3) is 0.263. The van der Waals surface area contributed by atoms with Gasteiger partial charge in [0.25, 0.3) is 0 Å². The monoisotopic (exact) mass is 259 g/mol. The Hall–Kier alpha value is -2.04. The fourth-order valence-corrected chi connectivity index (χ4v) is 3.76. The van der Waals surface area contributed by atoms with Gasteiger partial charge in [-0.1, -0.05) is 36.4 Å². The zero-order valence-corrected chi connectivity index (χ0v) is 11.4. The Bertz CT molecular complexity index is 721. The van der Waals surface area contributed by atoms with Crippen molar-refractivity contribution in [1.82, 2.24) is 5.32 Å². The van der Waals surface area contributed by atoms with E-state index in [4.69, 9.17) is 6.42 Å². The molecule has 0 saturated carbocycles. The zero-order valence-electron chi connectivity index (χ0n) is 11.4. The van der Waals surface area contributed by atoms with E-state index in [9.17, 15) is 0 Å². The first-order valence-electron chi connectivity index (χ1n) is 7.28. The maximum Gasteiger partial charge on any atom is 0.0370 e. The first-order chi connectivity index (χ1) is 9.88. The summed E-state index contributed by atoms with van der Waals surface area (Å²) < 4.78 is 0. The highest BCUT2D eigenvalue weighted by Gasteiger charge is 2.29. The minimum Gasteiger partial charge on any atom is -0.309 e. The lowest BCUT2D eigenvalue weighted by atomic mass is 9.76. The average molecular weight is 259 g/mol. The van der Waals surface area contributed by atoms with Crippen LogP contribution in [0.1, 0.15) is 28.3 Å². The van der Waals surface area contributed by atoms with E-state index in [1.807, 2.05) is 0 Å². The summed E-state index contributed by atoms with van der Waals surface area (Å²) in [5.41, 5.74) is 8.53. The van der Waals surface area contributed by atoms with E-state index in [1.165, 1.54) is 33.4 Å². The summed E-state index contributed by atoms with van der Waals surface area (Å²) in [5, 5.41) is 3.67. The van der Waals surface area contributed by atoms with Crippen LogP contribution in [0.15, 0.2) is 36.4 Å². The number of hydrogen-bond acceptors (Lipinski definition) is 1. The van der Waals surface area contributed by atoms with E-state index in [1.54, 1.807) is 0 Å². The van der Waals surface area contributed by atoms with Crippen molar-refractivity contribution in [3.63, 3.8) is 0 Å². The van der Waals surface area contributed by atoms with Gasteiger partial charge in [-0.25, -0.2) is 0 Å². The first kappa shape index (κ1) is 11.8. The van der Waals surface area contributed by atoms with Crippen LogP contribution in [0, 0.1) is 12.3 Å². The van der Waals surface area contributed by atoms with Crippen LogP contribution < -0.4 is 5.32 Å². The van der Waals surface area contributed by atoms with Crippen molar-refractivity contribution in [1.29, 1.82) is 0 Å². The Balaban J connectivity index is 2.01. The summed E-state index contributed by atoms with van der Waals surface area (Å²) in [6.07, 6.45) is 8.47. The molecule has 1 nitrogen and oxygen atoms in total. The van der Waals surface area contributed by atoms with E-state index in [-0.39, 0.29) is 0 Å². The second-order valence-corrected chi connectivity index (χ2v) is 5.67. The van der Waals surface area contributed by atoms with Crippen molar-refractivity contribution in [3.05, 3.63) is 58.7 Å². The van der Waals surface area contributed by atoms with E-state index in [0.29, 0.717) is 12.5 Å². The number of rotatable bonds is 1. The van der Waals surface area contributed by atoms with Crippen LogP contribution in [0.25, 0.3) is 11.1 Å². The molecule has 0 bridgehead atoms. The number of benzene rings is 2. The normalized spacial score (nSPS) is 18.9. The van der Waals surface area contributed by atoms with E-state index in [2.05, 4.69) is 47.6 Å². The third-order valence-corrected chi connectivity index (χ3v) is 4.55. The molecule has 0 spiro atoms. The van der Waals surface area contributed by atoms with Crippen LogP contribution in [0.2, 0.25) is 0 Å². The zero-order chi connectivity index (χ0) is 13.5. The molecule has 2 aromatic rings. The summed E-state index contributed by atoms with van der Waals surface area (Å²) in [4.78, 5) is 0. The van der Waals surface area contributed by atoms with Gasteiger partial charge in [0, 0.05) is 12.5 Å². The molecular weight excluding hydrogens is 242 g/mol. The van der Waals surface area contributed by atoms with Crippen LogP contribution >= 0.6 is 0 Å². The summed E-state index contributed by atoms with van der Waals surface area (Å²) in [7, 11) is 0. The molecule has 1 N–H and O–H groups in total. The lowest BCUT2D eigenvalue weighted by Crippen LogP contribution is -2.33. The molecule has 2 aromatic carbocycles. The van der Waals surface area contributed by atoms with Crippen LogP contribution in [0.4, 0.5) is 0 Å². The van der Waals surface area contributed by atoms with Crippen LogP contribution in [-0.4, -0.2) is 6.54 Å². The maximum atomic E-state index is 5.55. The van der Waals surface area contributed by atoms with E-state index >= 15 is 0 Å². The van der Waals surface area contributed by atoms with Gasteiger partial charge >= 0.3 is 0 Å². The number of nitrogens with one attached hydrogen (secondary N) is 1. The van der Waals surface area contributed by atoms with Gasteiger partial charge in [0.2, 0.25) is 0 Å². The van der Waals surface area contributed by atoms with E-state index < -0.39 is 0 Å². The molecular formula is C19H17N. The lowest BCUT2D eigenvalue weighted by Gasteiger charge is -2.35. The van der Waals surface area contributed by atoms with Crippen molar-refractivity contribution in [2.75, 3.05) is 6.54 Å². The van der Waals surface area contributed by atoms with Crippen molar-refractivity contribution in [2.24, 2.45) is 0 Å². The van der Waals surface area contributed by atoms with Crippen LogP contribution in [-0.2, 0) is 19.3 Å². The molecule has 0 fully saturated rings. The summed E-state index contributed by atoms with van der Waals surface area (Å²) in [6, 6.07) is 13.8. The SMILES string of the molecule is C#CCc1cccc2c1-c1cccc3c1C(C2)NCC3. The third-order valence-electron chi connectivity index (χ3n) is 4.55. The smallest absolute Gasteiger partial charge is 0.0370 e. The minimum atomic E-state index is 0.475. The predicted octanol–water partition coefficient (Wildman–Crippen LogP) is 3.27. The molecule has 1 aliphatic heterocycles. The van der Waals surface area contributed by atoms with Crippen molar-refractivity contribution in [3.8, 4) is 23.5 Å². The second-order valence-electron chi connectivity index (χ2n) is 5.67. The maximum absolute atomic E-state index is 5.55. The Morgan fingerprint density at radius 3 is 2.90 bits per heavy atom. The van der Waals surface area contributed by atoms with E-state index in [0.717, 1.165) is 19.4 Å². The highest BCUT2D eigenvalue weighted by Crippen LogP contribution is 2.43. The lowest BCUT2D eigenvalue weighted by molar-refractivity contribution is 0.499. The minimum absolute atomic E-state index is 0.475. The summed E-state index contributed by atoms with van der Waals surface area (Å²) >= 11 is 0. The molecule has 0 aromatic heterocycles. The van der Waals surface area contributed by atoms with Crippen molar-refractivity contribution < 1.29 is 0 Å². The Morgan fingerprint density at radius 2 is 2.00 bits per heavy atom. The third kappa shape index (κ3) is 1.62. The molecule has 1 aliphatic carbocycles. The molecule has 4 rings (SSSR count). The Kier molecular flexibility index (Phi) is 2.65. The van der Waals surface area contributed by atoms with Gasteiger partial charge in [-0.2, -0.15) is 0 Å². The molecule has 1 heterocycles. The molecule has 20 heavy (non-hydrogen) atoms. The van der Waals surface area contributed by atoms with Crippen molar-refractivity contribution in [2.45, 2.75) is 25.3 Å². The summed E-state index contributed by atoms with van der Waals surface area (Å²) in [5.74, 6) is 2.80. The van der Waals surface area contributed by atoms with Gasteiger partial charge in [-0.3, -0.25) is 0 Å². The van der Waals surface area contributed by atoms with Gasteiger partial charge in [0.05, 0.1) is 0 Å². The second kappa shape index (κ2) is 4.51. The molecule has 2 aliphatic rings. The largest absolute Gasteiger partial charge is 0.309 e. The fourth-order valence-electron chi connectivity index (χ4n) is 3.76. The van der Waals surface area contributed by atoms with Gasteiger partial charge in [0.15, 0.2) is 0 Å². The van der Waals surface area contributed by atoms with Gasteiger partial charge in [-0.05, 0) is 52.8 Å². The predicted molar refractivity (Wildman–Crippen MR) is 82.6 cm³/mol. The molecule has 0 radical (unpaired) electrons. The van der Waals surface area contributed by atoms with Crippen LogP contribution in [0.3, 0.4) is 0 Å².